The molecule has 5 nitrogen and oxygen atoms in total. The van der Waals surface area contributed by atoms with Gasteiger partial charge in [0.2, 0.25) is 0 Å². The van der Waals surface area contributed by atoms with Gasteiger partial charge in [0.05, 0.1) is 6.10 Å². The Hall–Kier alpha value is -2.40. The normalized spacial score (nSPS) is 20.8. The van der Waals surface area contributed by atoms with Crippen LogP contribution in [0.3, 0.4) is 0 Å². The molecule has 3 unspecified atom stereocenters. The van der Waals surface area contributed by atoms with Crippen molar-refractivity contribution in [2.75, 3.05) is 11.9 Å². The summed E-state index contributed by atoms with van der Waals surface area (Å²) in [6.07, 6.45) is 15.3. The van der Waals surface area contributed by atoms with E-state index >= 15 is 0 Å². The summed E-state index contributed by atoms with van der Waals surface area (Å²) in [6, 6.07) is 9.55. The molecular formula is C28H40N2O3. The van der Waals surface area contributed by atoms with Gasteiger partial charge >= 0.3 is 0 Å². The van der Waals surface area contributed by atoms with Crippen LogP contribution in [0.4, 0.5) is 5.69 Å². The van der Waals surface area contributed by atoms with Crippen molar-refractivity contribution in [3.63, 3.8) is 0 Å². The summed E-state index contributed by atoms with van der Waals surface area (Å²) in [4.78, 5) is 16.0. The van der Waals surface area contributed by atoms with Crippen LogP contribution >= 0.6 is 0 Å². The first-order chi connectivity index (χ1) is 16.1. The molecule has 0 radical (unpaired) electrons. The number of unbranched alkanes of at least 4 members (excludes halogenated alkanes) is 5. The lowest BCUT2D eigenvalue weighted by Gasteiger charge is -2.28. The van der Waals surface area contributed by atoms with Crippen LogP contribution in [0.1, 0.15) is 76.3 Å². The number of hydrogen-bond donors (Lipinski definition) is 2. The molecule has 2 aromatic rings. The maximum Gasteiger partial charge on any atom is 0.262 e. The summed E-state index contributed by atoms with van der Waals surface area (Å²) >= 11 is 0. The topological polar surface area (TPSA) is 71.5 Å². The van der Waals surface area contributed by atoms with Gasteiger partial charge in [-0.05, 0) is 66.8 Å². The molecular weight excluding hydrogens is 412 g/mol. The molecule has 1 amide bonds. The number of hydrogen-bond acceptors (Lipinski definition) is 4. The lowest BCUT2D eigenvalue weighted by molar-refractivity contribution is -0.118. The van der Waals surface area contributed by atoms with E-state index in [0.717, 1.165) is 31.4 Å². The molecule has 1 aromatic heterocycles. The minimum atomic E-state index is -0.186. The highest BCUT2D eigenvalue weighted by Crippen LogP contribution is 2.43. The second-order valence-corrected chi connectivity index (χ2v) is 9.43. The number of anilines is 1. The lowest BCUT2D eigenvalue weighted by atomic mass is 9.77. The van der Waals surface area contributed by atoms with E-state index in [9.17, 15) is 9.90 Å². The van der Waals surface area contributed by atoms with E-state index in [-0.39, 0.29) is 18.6 Å². The van der Waals surface area contributed by atoms with Crippen molar-refractivity contribution in [3.8, 4) is 5.75 Å². The number of rotatable bonds is 9. The van der Waals surface area contributed by atoms with E-state index in [1.807, 2.05) is 12.1 Å². The summed E-state index contributed by atoms with van der Waals surface area (Å²) in [5, 5.41) is 12.7. The van der Waals surface area contributed by atoms with Crippen LogP contribution in [-0.4, -0.2) is 28.7 Å². The molecule has 0 aliphatic heterocycles. The Bertz CT molecular complexity index is 849. The van der Waals surface area contributed by atoms with Crippen LogP contribution in [0.15, 0.2) is 42.7 Å². The lowest BCUT2D eigenvalue weighted by Crippen LogP contribution is -2.23. The summed E-state index contributed by atoms with van der Waals surface area (Å²) in [5.41, 5.74) is 3.21. The van der Waals surface area contributed by atoms with Gasteiger partial charge in [0.15, 0.2) is 6.61 Å². The molecule has 1 heterocycles. The van der Waals surface area contributed by atoms with Crippen molar-refractivity contribution in [2.45, 2.75) is 84.2 Å². The second kappa shape index (κ2) is 13.3. The van der Waals surface area contributed by atoms with Crippen molar-refractivity contribution in [1.82, 2.24) is 4.98 Å². The number of pyridine rings is 1. The van der Waals surface area contributed by atoms with E-state index in [2.05, 4.69) is 30.2 Å². The predicted octanol–water partition coefficient (Wildman–Crippen LogP) is 5.95. The van der Waals surface area contributed by atoms with Gasteiger partial charge in [0.1, 0.15) is 5.75 Å². The van der Waals surface area contributed by atoms with Crippen LogP contribution in [0.2, 0.25) is 0 Å². The van der Waals surface area contributed by atoms with Gasteiger partial charge < -0.3 is 15.2 Å². The predicted molar refractivity (Wildman–Crippen MR) is 133 cm³/mol. The number of aromatic nitrogens is 1. The number of carbonyl (C=O) groups excluding carboxylic acids is 1. The van der Waals surface area contributed by atoms with Crippen LogP contribution in [0.5, 0.6) is 5.75 Å². The summed E-state index contributed by atoms with van der Waals surface area (Å²) in [6.45, 7) is 4.49. The summed E-state index contributed by atoms with van der Waals surface area (Å²) in [7, 11) is 0. The van der Waals surface area contributed by atoms with Crippen LogP contribution in [-0.2, 0) is 17.6 Å². The number of nitrogens with zero attached hydrogens (tertiary/aromatic N) is 1. The third-order valence-electron chi connectivity index (χ3n) is 6.77. The third-order valence-corrected chi connectivity index (χ3v) is 6.77. The maximum absolute atomic E-state index is 12.1. The zero-order valence-corrected chi connectivity index (χ0v) is 20.3. The Kier molecular flexibility index (Phi) is 10.2. The summed E-state index contributed by atoms with van der Waals surface area (Å²) in [5.74, 6) is 1.71. The first-order valence-corrected chi connectivity index (χ1v) is 12.7. The van der Waals surface area contributed by atoms with E-state index < -0.39 is 0 Å². The van der Waals surface area contributed by atoms with Gasteiger partial charge in [-0.25, -0.2) is 0 Å². The quantitative estimate of drug-likeness (QED) is 0.461. The van der Waals surface area contributed by atoms with E-state index in [1.165, 1.54) is 49.7 Å². The molecule has 3 atom stereocenters. The monoisotopic (exact) mass is 452 g/mol. The summed E-state index contributed by atoms with van der Waals surface area (Å²) < 4.78 is 5.82. The average molecular weight is 453 g/mol. The van der Waals surface area contributed by atoms with Gasteiger partial charge in [-0.3, -0.25) is 9.78 Å². The minimum absolute atomic E-state index is 0.0184. The Morgan fingerprint density at radius 1 is 1.00 bits per heavy atom. The third kappa shape index (κ3) is 7.85. The van der Waals surface area contributed by atoms with Crippen molar-refractivity contribution in [3.05, 3.63) is 53.9 Å². The van der Waals surface area contributed by atoms with Crippen LogP contribution < -0.4 is 10.1 Å². The Morgan fingerprint density at radius 2 is 1.67 bits per heavy atom. The van der Waals surface area contributed by atoms with E-state index in [4.69, 9.17) is 4.74 Å². The number of nitrogens with one attached hydrogen (secondary N) is 1. The first kappa shape index (κ1) is 25.2. The SMILES string of the molecule is CCCCCCCC.O=C(COc1cccc2c1CC1CC(O)CC1C2)Nc1ccncc1. The number of amides is 1. The standard InChI is InChI=1S/C20H22N2O3.C8H18/c23-17-9-14-8-13-2-1-3-19(18(13)11-15(14)10-17)25-12-20(24)22-16-4-6-21-7-5-16;1-3-5-7-8-6-4-2/h1-7,14-15,17,23H,8-12H2,(H,21,22,24);3-8H2,1-2H3. The molecule has 0 spiro atoms. The molecule has 2 aliphatic carbocycles. The zero-order chi connectivity index (χ0) is 23.5. The highest BCUT2D eigenvalue weighted by molar-refractivity contribution is 5.91. The van der Waals surface area contributed by atoms with Gasteiger partial charge in [0, 0.05) is 18.1 Å². The number of aliphatic hydroxyl groups excluding tert-OH is 1. The smallest absolute Gasteiger partial charge is 0.262 e. The fraction of sp³-hybridized carbons (Fsp3) is 0.571. The van der Waals surface area contributed by atoms with Crippen molar-refractivity contribution < 1.29 is 14.6 Å². The Labute approximate surface area is 199 Å². The van der Waals surface area contributed by atoms with E-state index in [1.54, 1.807) is 24.5 Å². The largest absolute Gasteiger partial charge is 0.483 e. The molecule has 0 saturated heterocycles. The average Bonchev–Trinajstić information content (AvgIpc) is 3.19. The molecule has 4 rings (SSSR count). The molecule has 1 fully saturated rings. The minimum Gasteiger partial charge on any atom is -0.483 e. The molecule has 5 heteroatoms. The van der Waals surface area contributed by atoms with Crippen molar-refractivity contribution in [2.24, 2.45) is 11.8 Å². The Morgan fingerprint density at radius 3 is 2.33 bits per heavy atom. The zero-order valence-electron chi connectivity index (χ0n) is 20.3. The highest BCUT2D eigenvalue weighted by atomic mass is 16.5. The van der Waals surface area contributed by atoms with E-state index in [0.29, 0.717) is 17.5 Å². The van der Waals surface area contributed by atoms with Crippen LogP contribution in [0, 0.1) is 11.8 Å². The van der Waals surface area contributed by atoms with Gasteiger partial charge in [0.25, 0.3) is 5.91 Å². The van der Waals surface area contributed by atoms with Gasteiger partial charge in [-0.15, -0.1) is 0 Å². The molecule has 33 heavy (non-hydrogen) atoms. The highest BCUT2D eigenvalue weighted by Gasteiger charge is 2.37. The molecule has 1 aromatic carbocycles. The molecule has 0 bridgehead atoms. The molecule has 1 saturated carbocycles. The van der Waals surface area contributed by atoms with Gasteiger partial charge in [-0.2, -0.15) is 0 Å². The molecule has 180 valence electrons. The molecule has 2 aliphatic rings. The number of ether oxygens (including phenoxy) is 1. The maximum atomic E-state index is 12.1. The fourth-order valence-electron chi connectivity index (χ4n) is 5.02. The number of fused-ring (bicyclic) bond motifs is 2. The fourth-order valence-corrected chi connectivity index (χ4v) is 5.02. The van der Waals surface area contributed by atoms with Crippen molar-refractivity contribution >= 4 is 11.6 Å². The second-order valence-electron chi connectivity index (χ2n) is 9.43. The number of aliphatic hydroxyl groups is 1. The number of benzene rings is 1. The first-order valence-electron chi connectivity index (χ1n) is 12.7. The van der Waals surface area contributed by atoms with Crippen LogP contribution in [0.25, 0.3) is 0 Å². The molecule has 2 N–H and O–H groups in total. The van der Waals surface area contributed by atoms with Gasteiger partial charge in [-0.1, -0.05) is 64.5 Å². The Balaban J connectivity index is 0.000000331. The number of carbonyl (C=O) groups is 1. The van der Waals surface area contributed by atoms with Crippen molar-refractivity contribution in [1.29, 1.82) is 0 Å².